The average Bonchev–Trinajstić information content (AvgIpc) is 2.54. The van der Waals surface area contributed by atoms with Gasteiger partial charge in [0.05, 0.1) is 0 Å². The molecule has 0 aliphatic carbocycles. The van der Waals surface area contributed by atoms with Crippen molar-refractivity contribution in [1.29, 1.82) is 0 Å². The second kappa shape index (κ2) is 33.9. The van der Waals surface area contributed by atoms with Crippen LogP contribution in [0.1, 0.15) is 120 Å². The fourth-order valence-corrected chi connectivity index (χ4v) is 0.283. The van der Waals surface area contributed by atoms with Gasteiger partial charge in [0, 0.05) is 12.8 Å². The lowest BCUT2D eigenvalue weighted by Gasteiger charge is -2.00. The molecule has 0 spiro atoms. The highest BCUT2D eigenvalue weighted by molar-refractivity contribution is 5.74. The Labute approximate surface area is 150 Å². The summed E-state index contributed by atoms with van der Waals surface area (Å²) in [6.45, 7) is 18.0. The van der Waals surface area contributed by atoms with Gasteiger partial charge < -0.3 is 4.79 Å². The smallest absolute Gasteiger partial charge is 0.300 e. The summed E-state index contributed by atoms with van der Waals surface area (Å²) in [5.74, 6) is 0.255. The van der Waals surface area contributed by atoms with Crippen molar-refractivity contribution in [2.45, 2.75) is 126 Å². The van der Waals surface area contributed by atoms with Crippen LogP contribution in [-0.2, 0) is 4.79 Å². The summed E-state index contributed by atoms with van der Waals surface area (Å²) in [7, 11) is 0. The van der Waals surface area contributed by atoms with Crippen molar-refractivity contribution < 1.29 is 18.0 Å². The first kappa shape index (κ1) is 34.7. The highest BCUT2D eigenvalue weighted by Gasteiger charge is 2.24. The van der Waals surface area contributed by atoms with Gasteiger partial charge in [0.25, 0.3) is 0 Å². The number of alkyl halides is 3. The zero-order valence-electron chi connectivity index (χ0n) is 17.9. The predicted molar refractivity (Wildman–Crippen MR) is 104 cm³/mol. The number of hydrogen-bond acceptors (Lipinski definition) is 1. The van der Waals surface area contributed by atoms with Gasteiger partial charge in [-0.3, -0.25) is 0 Å². The van der Waals surface area contributed by atoms with Crippen LogP contribution in [0.4, 0.5) is 13.2 Å². The molecule has 1 nitrogen and oxygen atoms in total. The molecule has 0 fully saturated rings. The summed E-state index contributed by atoms with van der Waals surface area (Å²) in [4.78, 5) is 9.81. The van der Waals surface area contributed by atoms with E-state index in [0.29, 0.717) is 6.42 Å². The topological polar surface area (TPSA) is 17.1 Å². The fourth-order valence-electron chi connectivity index (χ4n) is 0.283. The molecule has 152 valence electrons. The lowest BCUT2D eigenvalue weighted by atomic mass is 10.3. The predicted octanol–water partition coefficient (Wildman–Crippen LogP) is 8.75. The van der Waals surface area contributed by atoms with Gasteiger partial charge in [-0.1, -0.05) is 93.9 Å². The van der Waals surface area contributed by atoms with Gasteiger partial charge in [-0.2, -0.15) is 13.2 Å². The SMILES string of the molecule is CCC(C)=O.CCCC.CCCC.CCCC.CCCC(F)(F)F. The van der Waals surface area contributed by atoms with Gasteiger partial charge in [-0.25, -0.2) is 0 Å². The third kappa shape index (κ3) is 126. The molecule has 0 saturated heterocycles. The van der Waals surface area contributed by atoms with Crippen LogP contribution in [0.3, 0.4) is 0 Å². The summed E-state index contributed by atoms with van der Waals surface area (Å²) in [6.07, 6.45) is 4.16. The largest absolute Gasteiger partial charge is 0.389 e. The molecule has 0 aliphatic rings. The molecule has 0 rings (SSSR count). The highest BCUT2D eigenvalue weighted by Crippen LogP contribution is 2.20. The molecule has 0 saturated carbocycles. The van der Waals surface area contributed by atoms with Crippen LogP contribution in [0.15, 0.2) is 0 Å². The monoisotopic (exact) mass is 358 g/mol. The summed E-state index contributed by atoms with van der Waals surface area (Å²) in [5.41, 5.74) is 0. The van der Waals surface area contributed by atoms with E-state index in [2.05, 4.69) is 41.5 Å². The number of carbonyl (C=O) groups excluding carboxylic acids is 1. The normalized spacial score (nSPS) is 8.83. The number of carbonyl (C=O) groups is 1. The van der Waals surface area contributed by atoms with Gasteiger partial charge in [-0.15, -0.1) is 0 Å². The maximum absolute atomic E-state index is 11.1. The Hall–Kier alpha value is -0.540. The number of hydrogen-bond donors (Lipinski definition) is 0. The quantitative estimate of drug-likeness (QED) is 0.480. The molecule has 0 aromatic rings. The maximum Gasteiger partial charge on any atom is 0.389 e. The summed E-state index contributed by atoms with van der Waals surface area (Å²) in [6, 6.07) is 0. The molecule has 0 N–H and O–H groups in total. The number of ketones is 1. The van der Waals surface area contributed by atoms with E-state index in [1.54, 1.807) is 6.92 Å². The van der Waals surface area contributed by atoms with E-state index in [1.165, 1.54) is 45.4 Å². The van der Waals surface area contributed by atoms with E-state index in [9.17, 15) is 18.0 Å². The summed E-state index contributed by atoms with van der Waals surface area (Å²) in [5, 5.41) is 0. The molecular formula is C20H45F3O. The second-order valence-electron chi connectivity index (χ2n) is 5.42. The van der Waals surface area contributed by atoms with E-state index in [1.807, 2.05) is 6.92 Å². The van der Waals surface area contributed by atoms with Crippen LogP contribution in [0.25, 0.3) is 0 Å². The molecule has 0 bridgehead atoms. The highest BCUT2D eigenvalue weighted by atomic mass is 19.4. The molecule has 0 amide bonds. The Balaban J connectivity index is -0.0000000642. The van der Waals surface area contributed by atoms with Crippen molar-refractivity contribution in [3.63, 3.8) is 0 Å². The first-order valence-electron chi connectivity index (χ1n) is 9.64. The van der Waals surface area contributed by atoms with Crippen LogP contribution in [0.5, 0.6) is 0 Å². The Kier molecular flexibility index (Phi) is 49.1. The van der Waals surface area contributed by atoms with E-state index >= 15 is 0 Å². The van der Waals surface area contributed by atoms with Crippen LogP contribution >= 0.6 is 0 Å². The second-order valence-corrected chi connectivity index (χ2v) is 5.42. The van der Waals surface area contributed by atoms with E-state index in [4.69, 9.17) is 0 Å². The van der Waals surface area contributed by atoms with Crippen molar-refractivity contribution in [3.05, 3.63) is 0 Å². The zero-order valence-corrected chi connectivity index (χ0v) is 17.9. The van der Waals surface area contributed by atoms with Crippen LogP contribution < -0.4 is 0 Å². The minimum Gasteiger partial charge on any atom is -0.300 e. The zero-order chi connectivity index (χ0) is 20.4. The van der Waals surface area contributed by atoms with E-state index < -0.39 is 12.6 Å². The first-order chi connectivity index (χ1) is 11.1. The maximum atomic E-state index is 11.1. The van der Waals surface area contributed by atoms with Crippen molar-refractivity contribution in [2.24, 2.45) is 0 Å². The average molecular weight is 359 g/mol. The summed E-state index contributed by atoms with van der Waals surface area (Å²) < 4.78 is 33.2. The Morgan fingerprint density at radius 1 is 0.625 bits per heavy atom. The van der Waals surface area contributed by atoms with Crippen LogP contribution in [0, 0.1) is 0 Å². The van der Waals surface area contributed by atoms with Gasteiger partial charge in [0.1, 0.15) is 5.78 Å². The lowest BCUT2D eigenvalue weighted by molar-refractivity contribution is -0.134. The van der Waals surface area contributed by atoms with Crippen LogP contribution in [-0.4, -0.2) is 12.0 Å². The molecule has 0 unspecified atom stereocenters. The fraction of sp³-hybridized carbons (Fsp3) is 0.950. The van der Waals surface area contributed by atoms with E-state index in [0.717, 1.165) is 0 Å². The third-order valence-electron chi connectivity index (χ3n) is 2.53. The Morgan fingerprint density at radius 3 is 0.833 bits per heavy atom. The number of unbranched alkanes of at least 4 members (excludes halogenated alkanes) is 3. The molecule has 0 atom stereocenters. The first-order valence-corrected chi connectivity index (χ1v) is 9.64. The molecule has 0 aliphatic heterocycles. The Morgan fingerprint density at radius 2 is 0.833 bits per heavy atom. The van der Waals surface area contributed by atoms with E-state index in [-0.39, 0.29) is 12.2 Å². The van der Waals surface area contributed by atoms with Crippen molar-refractivity contribution in [2.75, 3.05) is 0 Å². The van der Waals surface area contributed by atoms with Crippen molar-refractivity contribution in [1.82, 2.24) is 0 Å². The van der Waals surface area contributed by atoms with Gasteiger partial charge in [0.2, 0.25) is 0 Å². The molecule has 0 aromatic carbocycles. The third-order valence-corrected chi connectivity index (χ3v) is 2.53. The molecule has 0 heterocycles. The van der Waals surface area contributed by atoms with Gasteiger partial charge >= 0.3 is 6.18 Å². The van der Waals surface area contributed by atoms with Crippen molar-refractivity contribution in [3.8, 4) is 0 Å². The molecule has 4 heteroatoms. The summed E-state index contributed by atoms with van der Waals surface area (Å²) >= 11 is 0. The molecule has 0 radical (unpaired) electrons. The minimum atomic E-state index is -3.95. The standard InChI is InChI=1S/C4H7F3.C4H8O.3C4H10/c1-2-3-4(5,6)7;1-3-4(2)5;3*1-3-4-2/h2-3H2,1H3;3H2,1-2H3;3*3-4H2,1-2H3. The minimum absolute atomic E-state index is 0.184. The molecular weight excluding hydrogens is 313 g/mol. The lowest BCUT2D eigenvalue weighted by Crippen LogP contribution is -2.04. The number of rotatable bonds is 5. The van der Waals surface area contributed by atoms with Gasteiger partial charge in [0.15, 0.2) is 0 Å². The van der Waals surface area contributed by atoms with Crippen LogP contribution in [0.2, 0.25) is 0 Å². The number of Topliss-reactive ketones (excluding diaryl/α,β-unsaturated/α-hetero) is 1. The molecule has 24 heavy (non-hydrogen) atoms. The molecule has 0 aromatic heterocycles. The number of halogens is 3. The Bertz CT molecular complexity index is 174. The van der Waals surface area contributed by atoms with Gasteiger partial charge in [-0.05, 0) is 13.3 Å². The van der Waals surface area contributed by atoms with Crippen molar-refractivity contribution >= 4 is 5.78 Å².